The normalized spacial score (nSPS) is 13.0. The minimum Gasteiger partial charge on any atom is -0.492 e. The molecule has 0 fully saturated rings. The van der Waals surface area contributed by atoms with Gasteiger partial charge in [0, 0.05) is 12.6 Å². The molecule has 0 spiro atoms. The van der Waals surface area contributed by atoms with Crippen LogP contribution < -0.4 is 9.88 Å². The molecule has 5 nitrogen and oxygen atoms in total. The molecule has 2 N–H and O–H groups in total. The summed E-state index contributed by atoms with van der Waals surface area (Å²) in [6, 6.07) is 14.8. The third-order valence-corrected chi connectivity index (χ3v) is 5.02. The number of hydrogen-bond acceptors (Lipinski definition) is 4. The van der Waals surface area contributed by atoms with Crippen LogP contribution in [0.15, 0.2) is 53.4 Å². The molecule has 0 saturated carbocycles. The zero-order valence-electron chi connectivity index (χ0n) is 14.3. The van der Waals surface area contributed by atoms with Crippen LogP contribution >= 0.6 is 0 Å². The average molecular weight is 348 g/mol. The largest absolute Gasteiger partial charge is 0.492 e. The number of nitrogens with two attached hydrogens (primary N) is 1. The van der Waals surface area contributed by atoms with Crippen LogP contribution in [0.4, 0.5) is 0 Å². The van der Waals surface area contributed by atoms with Crippen molar-refractivity contribution in [3.8, 4) is 5.75 Å². The van der Waals surface area contributed by atoms with Gasteiger partial charge in [-0.25, -0.2) is 13.6 Å². The van der Waals surface area contributed by atoms with E-state index in [2.05, 4.69) is 11.8 Å². The third kappa shape index (κ3) is 5.06. The molecule has 130 valence electrons. The summed E-state index contributed by atoms with van der Waals surface area (Å²) in [5, 5.41) is 5.12. The van der Waals surface area contributed by atoms with Gasteiger partial charge in [0.25, 0.3) is 0 Å². The third-order valence-electron chi connectivity index (χ3n) is 4.09. The van der Waals surface area contributed by atoms with Gasteiger partial charge in [0.1, 0.15) is 12.4 Å². The van der Waals surface area contributed by atoms with Crippen molar-refractivity contribution in [1.82, 2.24) is 4.90 Å². The lowest BCUT2D eigenvalue weighted by molar-refractivity contribution is 0.201. The Morgan fingerprint density at radius 3 is 2.21 bits per heavy atom. The summed E-state index contributed by atoms with van der Waals surface area (Å²) >= 11 is 0. The number of primary sulfonamides is 1. The molecule has 0 saturated heterocycles. The highest BCUT2D eigenvalue weighted by Gasteiger charge is 2.13. The Balaban J connectivity index is 1.89. The molecule has 24 heavy (non-hydrogen) atoms. The van der Waals surface area contributed by atoms with Crippen molar-refractivity contribution in [2.75, 3.05) is 20.2 Å². The first-order valence-electron chi connectivity index (χ1n) is 7.80. The number of ether oxygens (including phenoxy) is 1. The molecule has 0 aliphatic heterocycles. The molecule has 0 unspecified atom stereocenters. The highest BCUT2D eigenvalue weighted by atomic mass is 32.2. The van der Waals surface area contributed by atoms with E-state index in [1.54, 1.807) is 12.1 Å². The molecule has 0 heterocycles. The lowest BCUT2D eigenvalue weighted by atomic mass is 10.1. The Bertz CT molecular complexity index is 756. The highest BCUT2D eigenvalue weighted by Crippen LogP contribution is 2.20. The second kappa shape index (κ2) is 7.79. The van der Waals surface area contributed by atoms with Crippen LogP contribution in [-0.4, -0.2) is 33.5 Å². The van der Waals surface area contributed by atoms with Gasteiger partial charge in [-0.2, -0.15) is 0 Å². The van der Waals surface area contributed by atoms with Crippen molar-refractivity contribution in [3.63, 3.8) is 0 Å². The zero-order valence-corrected chi connectivity index (χ0v) is 15.1. The minimum absolute atomic E-state index is 0.129. The maximum absolute atomic E-state index is 11.3. The van der Waals surface area contributed by atoms with Gasteiger partial charge in [-0.15, -0.1) is 0 Å². The van der Waals surface area contributed by atoms with Crippen molar-refractivity contribution < 1.29 is 13.2 Å². The van der Waals surface area contributed by atoms with Gasteiger partial charge in [-0.3, -0.25) is 4.90 Å². The lowest BCUT2D eigenvalue weighted by Crippen LogP contribution is -2.27. The quantitative estimate of drug-likeness (QED) is 0.835. The molecule has 2 rings (SSSR count). The summed E-state index contributed by atoms with van der Waals surface area (Å²) in [7, 11) is -1.64. The van der Waals surface area contributed by atoms with Crippen LogP contribution in [0, 0.1) is 6.92 Å². The van der Waals surface area contributed by atoms with E-state index in [0.717, 1.165) is 17.9 Å². The van der Waals surface area contributed by atoms with Crippen LogP contribution in [0.3, 0.4) is 0 Å². The SMILES string of the molecule is Cc1ccc(OCCN(C)[C@@H](C)c2ccc(S(N)(=O)=O)cc2)cc1. The van der Waals surface area contributed by atoms with E-state index in [4.69, 9.17) is 9.88 Å². The molecule has 0 bridgehead atoms. The topological polar surface area (TPSA) is 72.6 Å². The first kappa shape index (κ1) is 18.4. The van der Waals surface area contributed by atoms with Gasteiger partial charge in [-0.05, 0) is 50.7 Å². The van der Waals surface area contributed by atoms with Gasteiger partial charge < -0.3 is 4.74 Å². The summed E-state index contributed by atoms with van der Waals surface area (Å²) < 4.78 is 28.3. The number of sulfonamides is 1. The Kier molecular flexibility index (Phi) is 5.99. The van der Waals surface area contributed by atoms with E-state index < -0.39 is 10.0 Å². The first-order chi connectivity index (χ1) is 11.3. The molecule has 0 radical (unpaired) electrons. The second-order valence-electron chi connectivity index (χ2n) is 5.93. The summed E-state index contributed by atoms with van der Waals surface area (Å²) in [6.07, 6.45) is 0. The number of hydrogen-bond donors (Lipinski definition) is 1. The first-order valence-corrected chi connectivity index (χ1v) is 9.34. The van der Waals surface area contributed by atoms with E-state index in [1.807, 2.05) is 38.2 Å². The predicted octanol–water partition coefficient (Wildman–Crippen LogP) is 2.71. The number of rotatable bonds is 7. The van der Waals surface area contributed by atoms with Crippen molar-refractivity contribution >= 4 is 10.0 Å². The van der Waals surface area contributed by atoms with Crippen LogP contribution in [0.2, 0.25) is 0 Å². The van der Waals surface area contributed by atoms with E-state index >= 15 is 0 Å². The monoisotopic (exact) mass is 348 g/mol. The molecule has 0 aliphatic carbocycles. The number of aryl methyl sites for hydroxylation is 1. The summed E-state index contributed by atoms with van der Waals surface area (Å²) in [6.45, 7) is 5.45. The van der Waals surface area contributed by atoms with Gasteiger partial charge in [0.05, 0.1) is 4.90 Å². The van der Waals surface area contributed by atoms with Crippen molar-refractivity contribution in [1.29, 1.82) is 0 Å². The summed E-state index contributed by atoms with van der Waals surface area (Å²) in [5.41, 5.74) is 2.23. The molecule has 0 amide bonds. The Labute approximate surface area is 144 Å². The standard InChI is InChI=1S/C18H24N2O3S/c1-14-4-8-17(9-5-14)23-13-12-20(3)15(2)16-6-10-18(11-7-16)24(19,21)22/h4-11,15H,12-13H2,1-3H3,(H2,19,21,22)/t15-/m0/s1. The van der Waals surface area contributed by atoms with E-state index in [0.29, 0.717) is 6.61 Å². The molecule has 2 aromatic carbocycles. The van der Waals surface area contributed by atoms with Gasteiger partial charge in [0.2, 0.25) is 10.0 Å². The highest BCUT2D eigenvalue weighted by molar-refractivity contribution is 7.89. The maximum atomic E-state index is 11.3. The molecule has 2 aromatic rings. The van der Waals surface area contributed by atoms with Crippen molar-refractivity contribution in [2.45, 2.75) is 24.8 Å². The van der Waals surface area contributed by atoms with Crippen LogP contribution in [-0.2, 0) is 10.0 Å². The Morgan fingerprint density at radius 1 is 1.08 bits per heavy atom. The predicted molar refractivity (Wildman–Crippen MR) is 95.5 cm³/mol. The molecule has 6 heteroatoms. The molecule has 1 atom stereocenters. The fourth-order valence-electron chi connectivity index (χ4n) is 2.33. The number of nitrogens with zero attached hydrogens (tertiary/aromatic N) is 1. The molecular weight excluding hydrogens is 324 g/mol. The van der Waals surface area contributed by atoms with E-state index in [9.17, 15) is 8.42 Å². The fourth-order valence-corrected chi connectivity index (χ4v) is 2.84. The number of likely N-dealkylation sites (N-methyl/N-ethyl adjacent to an activating group) is 1. The van der Waals surface area contributed by atoms with E-state index in [1.165, 1.54) is 17.7 Å². The van der Waals surface area contributed by atoms with Gasteiger partial charge in [0.15, 0.2) is 0 Å². The van der Waals surface area contributed by atoms with E-state index in [-0.39, 0.29) is 10.9 Å². The minimum atomic E-state index is -3.65. The van der Waals surface area contributed by atoms with Crippen LogP contribution in [0.25, 0.3) is 0 Å². The van der Waals surface area contributed by atoms with Crippen LogP contribution in [0.5, 0.6) is 5.75 Å². The fraction of sp³-hybridized carbons (Fsp3) is 0.333. The van der Waals surface area contributed by atoms with Crippen LogP contribution in [0.1, 0.15) is 24.1 Å². The smallest absolute Gasteiger partial charge is 0.238 e. The van der Waals surface area contributed by atoms with Gasteiger partial charge in [-0.1, -0.05) is 29.8 Å². The Morgan fingerprint density at radius 2 is 1.67 bits per heavy atom. The molecule has 0 aliphatic rings. The Hall–Kier alpha value is -1.89. The summed E-state index contributed by atoms with van der Waals surface area (Å²) in [5.74, 6) is 0.860. The molecular formula is C18H24N2O3S. The maximum Gasteiger partial charge on any atom is 0.238 e. The molecule has 0 aromatic heterocycles. The average Bonchev–Trinajstić information content (AvgIpc) is 2.55. The lowest BCUT2D eigenvalue weighted by Gasteiger charge is -2.25. The summed E-state index contributed by atoms with van der Waals surface area (Å²) in [4.78, 5) is 2.28. The number of benzene rings is 2. The van der Waals surface area contributed by atoms with Crippen molar-refractivity contribution in [3.05, 3.63) is 59.7 Å². The van der Waals surface area contributed by atoms with Gasteiger partial charge >= 0.3 is 0 Å². The van der Waals surface area contributed by atoms with Crippen molar-refractivity contribution in [2.24, 2.45) is 5.14 Å². The zero-order chi connectivity index (χ0) is 17.7. The second-order valence-corrected chi connectivity index (χ2v) is 7.49.